The number of carbonyl (C=O) groups excluding carboxylic acids is 2. The fourth-order valence-corrected chi connectivity index (χ4v) is 2.07. The molecule has 0 N–H and O–H groups in total. The van der Waals surface area contributed by atoms with E-state index in [9.17, 15) is 19.7 Å². The summed E-state index contributed by atoms with van der Waals surface area (Å²) in [7, 11) is 0. The summed E-state index contributed by atoms with van der Waals surface area (Å²) in [6, 6.07) is 0. The topological polar surface area (TPSA) is 123 Å². The monoisotopic (exact) mass is 325 g/mol. The highest BCUT2D eigenvalue weighted by molar-refractivity contribution is 5.66. The highest BCUT2D eigenvalue weighted by Gasteiger charge is 2.34. The van der Waals surface area contributed by atoms with Crippen LogP contribution in [0.25, 0.3) is 0 Å². The lowest BCUT2D eigenvalue weighted by Gasteiger charge is -2.30. The van der Waals surface area contributed by atoms with Crippen molar-refractivity contribution in [2.45, 2.75) is 32.3 Å². The average molecular weight is 325 g/mol. The van der Waals surface area contributed by atoms with Crippen molar-refractivity contribution in [2.75, 3.05) is 6.61 Å². The van der Waals surface area contributed by atoms with Crippen LogP contribution in [0.1, 0.15) is 20.1 Å². The van der Waals surface area contributed by atoms with Crippen LogP contribution in [0.4, 0.5) is 5.95 Å². The van der Waals surface area contributed by atoms with Gasteiger partial charge in [-0.05, 0) is 17.1 Å². The predicted octanol–water partition coefficient (Wildman–Crippen LogP) is 0.740. The zero-order chi connectivity index (χ0) is 17.0. The number of nitrogens with zero attached hydrogens (tertiary/aromatic N) is 3. The van der Waals surface area contributed by atoms with Crippen LogP contribution < -0.4 is 0 Å². The lowest BCUT2D eigenvalue weighted by Crippen LogP contribution is -2.40. The zero-order valence-corrected chi connectivity index (χ0v) is 12.4. The Labute approximate surface area is 130 Å². The molecule has 0 fully saturated rings. The van der Waals surface area contributed by atoms with Crippen LogP contribution in [0.15, 0.2) is 24.5 Å². The third-order valence-electron chi connectivity index (χ3n) is 2.98. The maximum atomic E-state index is 11.1. The summed E-state index contributed by atoms with van der Waals surface area (Å²) >= 11 is 0. The number of hydrogen-bond acceptors (Lipinski definition) is 8. The number of ether oxygens (including phenoxy) is 3. The van der Waals surface area contributed by atoms with Crippen LogP contribution in [0.5, 0.6) is 0 Å². The molecule has 0 saturated carbocycles. The largest absolute Gasteiger partial charge is 0.463 e. The Bertz CT molecular complexity index is 639. The molecule has 23 heavy (non-hydrogen) atoms. The first-order chi connectivity index (χ1) is 10.9. The van der Waals surface area contributed by atoms with Gasteiger partial charge in [0.05, 0.1) is 0 Å². The first-order valence-corrected chi connectivity index (χ1v) is 6.70. The Kier molecular flexibility index (Phi) is 5.06. The van der Waals surface area contributed by atoms with Crippen molar-refractivity contribution in [3.05, 3.63) is 34.7 Å². The molecular formula is C13H15N3O7. The fraction of sp³-hybridized carbons (Fsp3) is 0.462. The molecule has 0 unspecified atom stereocenters. The molecule has 0 bridgehead atoms. The second-order valence-corrected chi connectivity index (χ2v) is 4.72. The van der Waals surface area contributed by atoms with E-state index < -0.39 is 41.2 Å². The number of imidazole rings is 1. The van der Waals surface area contributed by atoms with Gasteiger partial charge >= 0.3 is 17.9 Å². The van der Waals surface area contributed by atoms with Gasteiger partial charge in [-0.3, -0.25) is 9.59 Å². The Morgan fingerprint density at radius 3 is 2.74 bits per heavy atom. The van der Waals surface area contributed by atoms with E-state index in [2.05, 4.69) is 4.98 Å². The third kappa shape index (κ3) is 4.13. The molecule has 10 heteroatoms. The van der Waals surface area contributed by atoms with Crippen LogP contribution in [-0.4, -0.2) is 45.2 Å². The maximum absolute atomic E-state index is 11.1. The summed E-state index contributed by atoms with van der Waals surface area (Å²) in [5.74, 6) is -1.44. The minimum Gasteiger partial charge on any atom is -0.463 e. The van der Waals surface area contributed by atoms with Crippen molar-refractivity contribution in [3.63, 3.8) is 0 Å². The van der Waals surface area contributed by atoms with Gasteiger partial charge in [0.15, 0.2) is 0 Å². The summed E-state index contributed by atoms with van der Waals surface area (Å²) in [5.41, 5.74) is 0. The van der Waals surface area contributed by atoms with Crippen LogP contribution >= 0.6 is 0 Å². The first-order valence-electron chi connectivity index (χ1n) is 6.70. The Hall–Kier alpha value is -2.75. The molecule has 0 aromatic carbocycles. The van der Waals surface area contributed by atoms with Crippen molar-refractivity contribution in [1.82, 2.24) is 9.55 Å². The third-order valence-corrected chi connectivity index (χ3v) is 2.98. The summed E-state index contributed by atoms with van der Waals surface area (Å²) < 4.78 is 16.8. The summed E-state index contributed by atoms with van der Waals surface area (Å²) in [5, 5.41) is 10.9. The molecule has 124 valence electrons. The van der Waals surface area contributed by atoms with Gasteiger partial charge in [0, 0.05) is 13.8 Å². The predicted molar refractivity (Wildman–Crippen MR) is 74.1 cm³/mol. The molecule has 1 aliphatic heterocycles. The molecule has 1 aromatic heterocycles. The van der Waals surface area contributed by atoms with Crippen molar-refractivity contribution < 1.29 is 28.7 Å². The molecule has 0 amide bonds. The Morgan fingerprint density at radius 1 is 1.39 bits per heavy atom. The minimum atomic E-state index is -0.828. The van der Waals surface area contributed by atoms with Gasteiger partial charge in [0.25, 0.3) is 0 Å². The molecule has 1 aromatic rings. The molecule has 2 rings (SSSR count). The van der Waals surface area contributed by atoms with Crippen molar-refractivity contribution >= 4 is 17.9 Å². The number of carbonyl (C=O) groups is 2. The smallest absolute Gasteiger partial charge is 0.436 e. The highest BCUT2D eigenvalue weighted by Crippen LogP contribution is 2.26. The van der Waals surface area contributed by atoms with Gasteiger partial charge in [0.2, 0.25) is 6.23 Å². The van der Waals surface area contributed by atoms with E-state index in [1.165, 1.54) is 43.0 Å². The first kappa shape index (κ1) is 16.6. The SMILES string of the molecule is CC(=O)OC[C@H]1O[C@H](n2ccnc2[N+](=O)[O-])C=C[C@@H]1OC(C)=O. The van der Waals surface area contributed by atoms with E-state index in [1.54, 1.807) is 0 Å². The number of hydrogen-bond donors (Lipinski definition) is 0. The van der Waals surface area contributed by atoms with Crippen LogP contribution in [-0.2, 0) is 23.8 Å². The van der Waals surface area contributed by atoms with Gasteiger partial charge in [0.1, 0.15) is 31.2 Å². The van der Waals surface area contributed by atoms with Crippen molar-refractivity contribution in [2.24, 2.45) is 0 Å². The molecule has 1 aliphatic rings. The Balaban J connectivity index is 2.20. The van der Waals surface area contributed by atoms with E-state index in [4.69, 9.17) is 14.2 Å². The maximum Gasteiger partial charge on any atom is 0.436 e. The normalized spacial score (nSPS) is 23.3. The molecule has 0 radical (unpaired) electrons. The van der Waals surface area contributed by atoms with E-state index in [1.807, 2.05) is 0 Å². The summed E-state index contributed by atoms with van der Waals surface area (Å²) in [4.78, 5) is 36.0. The molecule has 0 aliphatic carbocycles. The van der Waals surface area contributed by atoms with Gasteiger partial charge in [-0.1, -0.05) is 4.98 Å². The Morgan fingerprint density at radius 2 is 2.13 bits per heavy atom. The highest BCUT2D eigenvalue weighted by atomic mass is 16.6. The van der Waals surface area contributed by atoms with E-state index in [0.717, 1.165) is 0 Å². The summed E-state index contributed by atoms with van der Waals surface area (Å²) in [6.45, 7) is 2.32. The lowest BCUT2D eigenvalue weighted by molar-refractivity contribution is -0.398. The van der Waals surface area contributed by atoms with Gasteiger partial charge in [-0.25, -0.2) is 0 Å². The average Bonchev–Trinajstić information content (AvgIpc) is 2.95. The number of aromatic nitrogens is 2. The molecule has 3 atom stereocenters. The summed E-state index contributed by atoms with van der Waals surface area (Å²) in [6.07, 6.45) is 3.33. The van der Waals surface area contributed by atoms with Crippen molar-refractivity contribution in [1.29, 1.82) is 0 Å². The zero-order valence-electron chi connectivity index (χ0n) is 12.4. The second kappa shape index (κ2) is 7.01. The van der Waals surface area contributed by atoms with Gasteiger partial charge in [-0.2, -0.15) is 4.57 Å². The van der Waals surface area contributed by atoms with Gasteiger partial charge < -0.3 is 24.3 Å². The molecule has 10 nitrogen and oxygen atoms in total. The molecule has 2 heterocycles. The lowest BCUT2D eigenvalue weighted by atomic mass is 10.1. The van der Waals surface area contributed by atoms with Gasteiger partial charge in [-0.15, -0.1) is 0 Å². The number of rotatable bonds is 5. The fourth-order valence-electron chi connectivity index (χ4n) is 2.07. The number of nitro groups is 1. The van der Waals surface area contributed by atoms with E-state index in [0.29, 0.717) is 0 Å². The standard InChI is InChI=1S/C13H15N3O7/c1-8(17)21-7-11-10(22-9(2)18)3-4-12(23-11)15-6-5-14-13(15)16(19)20/h3-6,10-12H,7H2,1-2H3/t10-,11+,12-/m0/s1. The molecule has 0 saturated heterocycles. The van der Waals surface area contributed by atoms with Crippen LogP contribution in [0.2, 0.25) is 0 Å². The van der Waals surface area contributed by atoms with E-state index in [-0.39, 0.29) is 6.61 Å². The van der Waals surface area contributed by atoms with E-state index >= 15 is 0 Å². The van der Waals surface area contributed by atoms with Crippen molar-refractivity contribution in [3.8, 4) is 0 Å². The molecule has 0 spiro atoms. The van der Waals surface area contributed by atoms with Crippen LogP contribution in [0, 0.1) is 10.1 Å². The number of esters is 2. The quantitative estimate of drug-likeness (QED) is 0.336. The second-order valence-electron chi connectivity index (χ2n) is 4.72. The minimum absolute atomic E-state index is 0.156. The molecular weight excluding hydrogens is 310 g/mol. The van der Waals surface area contributed by atoms with Crippen LogP contribution in [0.3, 0.4) is 0 Å².